The average molecular weight is 324 g/mol. The van der Waals surface area contributed by atoms with E-state index >= 15 is 0 Å². The number of hydrogen-bond donors (Lipinski definition) is 1. The van der Waals surface area contributed by atoms with Crippen molar-refractivity contribution in [1.29, 1.82) is 0 Å². The number of nitrogens with one attached hydrogen (secondary N) is 1. The second kappa shape index (κ2) is 5.38. The third-order valence-electron chi connectivity index (χ3n) is 3.65. The van der Waals surface area contributed by atoms with Crippen LogP contribution in [0.5, 0.6) is 0 Å². The smallest absolute Gasteiger partial charge is 0.298 e. The highest BCUT2D eigenvalue weighted by molar-refractivity contribution is 6.04. The molecule has 2 aromatic heterocycles. The molecule has 0 saturated carbocycles. The number of halogens is 2. The fraction of sp³-hybridized carbons (Fsp3) is 0. The van der Waals surface area contributed by atoms with Gasteiger partial charge in [-0.3, -0.25) is 4.79 Å². The molecule has 0 aliphatic rings. The van der Waals surface area contributed by atoms with Gasteiger partial charge in [-0.2, -0.15) is 9.78 Å². The summed E-state index contributed by atoms with van der Waals surface area (Å²) in [5, 5.41) is 4.58. The van der Waals surface area contributed by atoms with E-state index in [0.717, 1.165) is 4.68 Å². The first-order chi connectivity index (χ1) is 11.6. The predicted molar refractivity (Wildman–Crippen MR) is 87.2 cm³/mol. The summed E-state index contributed by atoms with van der Waals surface area (Å²) >= 11 is 0. The molecule has 0 radical (unpaired) electrons. The second-order valence-corrected chi connectivity index (χ2v) is 5.23. The molecule has 0 saturated heterocycles. The molecule has 0 atom stereocenters. The number of benzene rings is 2. The van der Waals surface area contributed by atoms with Crippen LogP contribution in [0.3, 0.4) is 0 Å². The first-order valence-electron chi connectivity index (χ1n) is 7.10. The molecule has 4 aromatic rings. The minimum absolute atomic E-state index is 0.245. The van der Waals surface area contributed by atoms with E-state index in [4.69, 9.17) is 0 Å². The molecule has 0 unspecified atom stereocenters. The lowest BCUT2D eigenvalue weighted by molar-refractivity contribution is 0.627. The number of H-pyrrole nitrogens is 1. The first kappa shape index (κ1) is 14.3. The van der Waals surface area contributed by atoms with Gasteiger partial charge in [0.25, 0.3) is 5.56 Å². The Kier molecular flexibility index (Phi) is 3.19. The number of nitrogens with zero attached hydrogens (tertiary/aromatic N) is 3. The Morgan fingerprint density at radius 1 is 1.08 bits per heavy atom. The van der Waals surface area contributed by atoms with Gasteiger partial charge in [0, 0.05) is 10.9 Å². The van der Waals surface area contributed by atoms with Crippen LogP contribution in [0.25, 0.3) is 21.9 Å². The van der Waals surface area contributed by atoms with Gasteiger partial charge in [0.05, 0.1) is 6.21 Å². The summed E-state index contributed by atoms with van der Waals surface area (Å²) in [6.07, 6.45) is 2.69. The van der Waals surface area contributed by atoms with Gasteiger partial charge >= 0.3 is 0 Å². The van der Waals surface area contributed by atoms with E-state index in [9.17, 15) is 13.6 Å². The molecule has 2 heterocycles. The third kappa shape index (κ3) is 2.36. The van der Waals surface area contributed by atoms with E-state index in [1.807, 2.05) is 0 Å². The molecule has 24 heavy (non-hydrogen) atoms. The van der Waals surface area contributed by atoms with Gasteiger partial charge in [0.1, 0.15) is 29.0 Å². The van der Waals surface area contributed by atoms with Crippen LogP contribution in [0.15, 0.2) is 58.7 Å². The molecule has 7 heteroatoms. The Morgan fingerprint density at radius 3 is 2.62 bits per heavy atom. The van der Waals surface area contributed by atoms with E-state index in [-0.39, 0.29) is 11.3 Å². The summed E-state index contributed by atoms with van der Waals surface area (Å²) in [5.41, 5.74) is 1.49. The van der Waals surface area contributed by atoms with Crippen LogP contribution in [-0.4, -0.2) is 20.9 Å². The summed E-state index contributed by atoms with van der Waals surface area (Å²) in [7, 11) is 0. The van der Waals surface area contributed by atoms with Crippen molar-refractivity contribution in [1.82, 2.24) is 14.6 Å². The molecule has 0 spiro atoms. The Hall–Kier alpha value is -3.35. The van der Waals surface area contributed by atoms with Gasteiger partial charge in [-0.25, -0.2) is 13.8 Å². The van der Waals surface area contributed by atoms with Crippen LogP contribution in [0.2, 0.25) is 0 Å². The van der Waals surface area contributed by atoms with Gasteiger partial charge in [-0.15, -0.1) is 0 Å². The summed E-state index contributed by atoms with van der Waals surface area (Å²) in [6.45, 7) is 0. The zero-order chi connectivity index (χ0) is 16.7. The zero-order valence-electron chi connectivity index (χ0n) is 12.2. The quantitative estimate of drug-likeness (QED) is 0.576. The molecule has 2 aromatic carbocycles. The standard InChI is InChI=1S/C17H10F2N4O/c18-11-3-1-10(2-4-11)8-21-23-9-20-15-13-7-12(19)5-6-14(13)22-16(15)17(23)24/h1-9,22H/b21-8-. The Balaban J connectivity index is 1.82. The maximum absolute atomic E-state index is 13.4. The molecule has 1 N–H and O–H groups in total. The highest BCUT2D eigenvalue weighted by atomic mass is 19.1. The highest BCUT2D eigenvalue weighted by Crippen LogP contribution is 2.21. The van der Waals surface area contributed by atoms with Crippen LogP contribution >= 0.6 is 0 Å². The minimum Gasteiger partial charge on any atom is -0.349 e. The first-order valence-corrected chi connectivity index (χ1v) is 7.10. The lowest BCUT2D eigenvalue weighted by Crippen LogP contribution is -2.17. The Morgan fingerprint density at radius 2 is 1.83 bits per heavy atom. The summed E-state index contributed by atoms with van der Waals surface area (Å²) in [4.78, 5) is 19.6. The minimum atomic E-state index is -0.407. The van der Waals surface area contributed by atoms with E-state index in [0.29, 0.717) is 22.0 Å². The highest BCUT2D eigenvalue weighted by Gasteiger charge is 2.11. The van der Waals surface area contributed by atoms with Crippen LogP contribution in [0.4, 0.5) is 8.78 Å². The van der Waals surface area contributed by atoms with Crippen molar-refractivity contribution in [3.05, 3.63) is 76.3 Å². The molecule has 118 valence electrons. The molecule has 0 aliphatic carbocycles. The summed E-state index contributed by atoms with van der Waals surface area (Å²) < 4.78 is 27.3. The van der Waals surface area contributed by atoms with Crippen molar-refractivity contribution in [3.8, 4) is 0 Å². The van der Waals surface area contributed by atoms with Crippen molar-refractivity contribution in [2.24, 2.45) is 5.10 Å². The molecule has 0 bridgehead atoms. The van der Waals surface area contributed by atoms with Crippen molar-refractivity contribution < 1.29 is 8.78 Å². The topological polar surface area (TPSA) is 63.0 Å². The lowest BCUT2D eigenvalue weighted by Gasteiger charge is -1.98. The molecular formula is C17H10F2N4O. The normalized spacial score (nSPS) is 11.8. The van der Waals surface area contributed by atoms with Crippen molar-refractivity contribution >= 4 is 28.2 Å². The fourth-order valence-electron chi connectivity index (χ4n) is 2.48. The summed E-state index contributed by atoms with van der Waals surface area (Å²) in [5.74, 6) is -0.749. The van der Waals surface area contributed by atoms with Gasteiger partial charge < -0.3 is 4.98 Å². The molecule has 0 fully saturated rings. The van der Waals surface area contributed by atoms with Gasteiger partial charge in [0.15, 0.2) is 0 Å². The number of aromatic amines is 1. The number of aromatic nitrogens is 3. The third-order valence-corrected chi connectivity index (χ3v) is 3.65. The summed E-state index contributed by atoms with van der Waals surface area (Å²) in [6, 6.07) is 9.88. The van der Waals surface area contributed by atoms with E-state index in [1.165, 1.54) is 36.8 Å². The molecule has 4 rings (SSSR count). The maximum atomic E-state index is 13.4. The van der Waals surface area contributed by atoms with Gasteiger partial charge in [0.2, 0.25) is 0 Å². The number of hydrogen-bond acceptors (Lipinski definition) is 3. The van der Waals surface area contributed by atoms with E-state index < -0.39 is 11.4 Å². The van der Waals surface area contributed by atoms with Crippen molar-refractivity contribution in [2.45, 2.75) is 0 Å². The largest absolute Gasteiger partial charge is 0.349 e. The molecule has 0 amide bonds. The van der Waals surface area contributed by atoms with E-state index in [1.54, 1.807) is 18.2 Å². The van der Waals surface area contributed by atoms with Gasteiger partial charge in [-0.05, 0) is 35.9 Å². The van der Waals surface area contributed by atoms with Crippen LogP contribution in [-0.2, 0) is 0 Å². The van der Waals surface area contributed by atoms with Crippen LogP contribution < -0.4 is 5.56 Å². The van der Waals surface area contributed by atoms with Crippen molar-refractivity contribution in [3.63, 3.8) is 0 Å². The van der Waals surface area contributed by atoms with Crippen LogP contribution in [0, 0.1) is 11.6 Å². The van der Waals surface area contributed by atoms with E-state index in [2.05, 4.69) is 15.1 Å². The Labute approximate surface area is 133 Å². The lowest BCUT2D eigenvalue weighted by atomic mass is 10.2. The average Bonchev–Trinajstić information content (AvgIpc) is 2.95. The zero-order valence-corrected chi connectivity index (χ0v) is 12.2. The van der Waals surface area contributed by atoms with Gasteiger partial charge in [-0.1, -0.05) is 12.1 Å². The molecule has 0 aliphatic heterocycles. The molecular weight excluding hydrogens is 314 g/mol. The number of fused-ring (bicyclic) bond motifs is 3. The molecule has 5 nitrogen and oxygen atoms in total. The Bertz CT molecular complexity index is 1140. The number of rotatable bonds is 2. The monoisotopic (exact) mass is 324 g/mol. The van der Waals surface area contributed by atoms with Crippen LogP contribution in [0.1, 0.15) is 5.56 Å². The van der Waals surface area contributed by atoms with Crippen molar-refractivity contribution in [2.75, 3.05) is 0 Å². The fourth-order valence-corrected chi connectivity index (χ4v) is 2.48. The second-order valence-electron chi connectivity index (χ2n) is 5.23. The SMILES string of the molecule is O=c1c2[nH]c3ccc(F)cc3c2ncn1/N=C\c1ccc(F)cc1. The predicted octanol–water partition coefficient (Wildman–Crippen LogP) is 3.04. The maximum Gasteiger partial charge on any atom is 0.298 e.